The number of alkyl halides is 1. The highest BCUT2D eigenvalue weighted by Gasteiger charge is 2.57. The Kier molecular flexibility index (Phi) is 3.42. The number of likely N-dealkylation sites (tertiary alicyclic amines) is 1. The first-order valence-corrected chi connectivity index (χ1v) is 8.47. The molecule has 1 aromatic carbocycles. The maximum atomic E-state index is 15.2. The number of piperidine rings is 1. The number of carboxylic acids is 1. The molecule has 0 unspecified atom stereocenters. The molecule has 1 aliphatic carbocycles. The summed E-state index contributed by atoms with van der Waals surface area (Å²) in [6.07, 6.45) is 2.21. The zero-order chi connectivity index (χ0) is 17.1. The molecule has 128 valence electrons. The Labute approximate surface area is 140 Å². The maximum absolute atomic E-state index is 15.2. The summed E-state index contributed by atoms with van der Waals surface area (Å²) in [7, 11) is 1.93. The molecule has 1 amide bonds. The molecule has 0 spiro atoms. The summed E-state index contributed by atoms with van der Waals surface area (Å²) in [6.45, 7) is 1.42. The molecule has 5 nitrogen and oxygen atoms in total. The van der Waals surface area contributed by atoms with Crippen LogP contribution in [0.2, 0.25) is 0 Å². The van der Waals surface area contributed by atoms with Gasteiger partial charge in [0.25, 0.3) is 5.91 Å². The number of amides is 1. The van der Waals surface area contributed by atoms with E-state index in [1.54, 1.807) is 12.1 Å². The smallest absolute Gasteiger partial charge is 0.336 e. The monoisotopic (exact) mass is 332 g/mol. The summed E-state index contributed by atoms with van der Waals surface area (Å²) < 4.78 is 15.2. The maximum Gasteiger partial charge on any atom is 0.336 e. The predicted molar refractivity (Wildman–Crippen MR) is 87.2 cm³/mol. The number of carboxylic acid groups (broad SMARTS) is 1. The molecule has 1 N–H and O–H groups in total. The van der Waals surface area contributed by atoms with Crippen molar-refractivity contribution in [1.82, 2.24) is 4.90 Å². The third-order valence-electron chi connectivity index (χ3n) is 5.64. The van der Waals surface area contributed by atoms with Gasteiger partial charge in [0.2, 0.25) is 0 Å². The lowest BCUT2D eigenvalue weighted by molar-refractivity contribution is -0.131. The lowest BCUT2D eigenvalue weighted by Crippen LogP contribution is -2.49. The van der Waals surface area contributed by atoms with E-state index in [1.807, 2.05) is 11.9 Å². The molecule has 6 heteroatoms. The standard InChI is InChI=1S/C18H21FN2O3/c1-20-7-6-18(19)12(9-20)10-21(17(18)24)13-4-5-14(11-2-3-11)15(8-13)16(22)23/h4-5,8,11-12H,2-3,6-7,9-10H2,1H3,(H,22,23)/t12-,18+/m0/s1. The van der Waals surface area contributed by atoms with Crippen molar-refractivity contribution in [2.75, 3.05) is 31.6 Å². The second-order valence-corrected chi connectivity index (χ2v) is 7.34. The Bertz CT molecular complexity index is 718. The van der Waals surface area contributed by atoms with Crippen LogP contribution in [-0.4, -0.2) is 54.2 Å². The largest absolute Gasteiger partial charge is 0.478 e. The van der Waals surface area contributed by atoms with Crippen molar-refractivity contribution >= 4 is 17.6 Å². The van der Waals surface area contributed by atoms with Crippen molar-refractivity contribution in [3.05, 3.63) is 29.3 Å². The highest BCUT2D eigenvalue weighted by Crippen LogP contribution is 2.44. The van der Waals surface area contributed by atoms with Crippen LogP contribution in [0.4, 0.5) is 10.1 Å². The van der Waals surface area contributed by atoms with E-state index in [2.05, 4.69) is 0 Å². The van der Waals surface area contributed by atoms with E-state index in [0.717, 1.165) is 18.4 Å². The zero-order valence-electron chi connectivity index (χ0n) is 13.7. The first-order chi connectivity index (χ1) is 11.4. The molecule has 1 aromatic rings. The number of hydrogen-bond acceptors (Lipinski definition) is 3. The Morgan fingerprint density at radius 3 is 2.75 bits per heavy atom. The van der Waals surface area contributed by atoms with Gasteiger partial charge in [-0.15, -0.1) is 0 Å². The number of carbonyl (C=O) groups excluding carboxylic acids is 1. The van der Waals surface area contributed by atoms with Gasteiger partial charge in [-0.3, -0.25) is 4.79 Å². The third-order valence-corrected chi connectivity index (χ3v) is 5.64. The van der Waals surface area contributed by atoms with Crippen LogP contribution in [0.5, 0.6) is 0 Å². The van der Waals surface area contributed by atoms with Crippen molar-refractivity contribution in [3.63, 3.8) is 0 Å². The highest BCUT2D eigenvalue weighted by molar-refractivity contribution is 6.03. The number of fused-ring (bicyclic) bond motifs is 1. The molecule has 3 aliphatic rings. The van der Waals surface area contributed by atoms with Gasteiger partial charge in [-0.25, -0.2) is 9.18 Å². The van der Waals surface area contributed by atoms with Crippen LogP contribution in [0.25, 0.3) is 0 Å². The van der Waals surface area contributed by atoms with Gasteiger partial charge in [-0.1, -0.05) is 6.07 Å². The lowest BCUT2D eigenvalue weighted by atomic mass is 9.85. The second kappa shape index (κ2) is 5.28. The van der Waals surface area contributed by atoms with Crippen LogP contribution in [0.3, 0.4) is 0 Å². The molecule has 0 aromatic heterocycles. The van der Waals surface area contributed by atoms with E-state index in [9.17, 15) is 14.7 Å². The van der Waals surface area contributed by atoms with E-state index < -0.39 is 17.5 Å². The van der Waals surface area contributed by atoms with Gasteiger partial charge in [-0.05, 0) is 43.5 Å². The first-order valence-electron chi connectivity index (χ1n) is 8.47. The van der Waals surface area contributed by atoms with Gasteiger partial charge in [0.1, 0.15) is 0 Å². The Balaban J connectivity index is 1.68. The molecule has 1 saturated carbocycles. The Hall–Kier alpha value is -1.95. The van der Waals surface area contributed by atoms with Gasteiger partial charge in [0.05, 0.1) is 5.56 Å². The average molecular weight is 332 g/mol. The van der Waals surface area contributed by atoms with E-state index in [-0.39, 0.29) is 17.9 Å². The van der Waals surface area contributed by atoms with Crippen molar-refractivity contribution in [2.24, 2.45) is 5.92 Å². The zero-order valence-corrected chi connectivity index (χ0v) is 13.7. The summed E-state index contributed by atoms with van der Waals surface area (Å²) >= 11 is 0. The molecule has 2 heterocycles. The highest BCUT2D eigenvalue weighted by atomic mass is 19.1. The summed E-state index contributed by atoms with van der Waals surface area (Å²) in [6, 6.07) is 5.10. The molecule has 0 radical (unpaired) electrons. The number of carbonyl (C=O) groups is 2. The number of rotatable bonds is 3. The number of nitrogens with zero attached hydrogens (tertiary/aromatic N) is 2. The minimum absolute atomic E-state index is 0.204. The van der Waals surface area contributed by atoms with E-state index in [1.165, 1.54) is 11.0 Å². The molecule has 0 bridgehead atoms. The molecule has 4 rings (SSSR count). The van der Waals surface area contributed by atoms with E-state index >= 15 is 4.39 Å². The van der Waals surface area contributed by atoms with Crippen LogP contribution in [0, 0.1) is 5.92 Å². The normalized spacial score (nSPS) is 30.5. The van der Waals surface area contributed by atoms with Crippen molar-refractivity contribution in [2.45, 2.75) is 30.8 Å². The fourth-order valence-corrected chi connectivity index (χ4v) is 4.05. The number of benzene rings is 1. The minimum Gasteiger partial charge on any atom is -0.478 e. The molecular formula is C18H21FN2O3. The van der Waals surface area contributed by atoms with Crippen LogP contribution in [-0.2, 0) is 4.79 Å². The topological polar surface area (TPSA) is 60.9 Å². The fourth-order valence-electron chi connectivity index (χ4n) is 4.05. The predicted octanol–water partition coefficient (Wildman–Crippen LogP) is 2.27. The fraction of sp³-hybridized carbons (Fsp3) is 0.556. The van der Waals surface area contributed by atoms with E-state index in [4.69, 9.17) is 0 Å². The average Bonchev–Trinajstić information content (AvgIpc) is 3.36. The number of anilines is 1. The second-order valence-electron chi connectivity index (χ2n) is 7.34. The number of halogens is 1. The van der Waals surface area contributed by atoms with Gasteiger partial charge >= 0.3 is 5.97 Å². The molecule has 2 aliphatic heterocycles. The van der Waals surface area contributed by atoms with Gasteiger partial charge in [0, 0.05) is 37.7 Å². The Morgan fingerprint density at radius 2 is 2.08 bits per heavy atom. The van der Waals surface area contributed by atoms with Crippen LogP contribution < -0.4 is 4.90 Å². The summed E-state index contributed by atoms with van der Waals surface area (Å²) in [5.74, 6) is -1.56. The van der Waals surface area contributed by atoms with Crippen LogP contribution in [0.1, 0.15) is 41.1 Å². The molecule has 3 fully saturated rings. The lowest BCUT2D eigenvalue weighted by Gasteiger charge is -2.34. The van der Waals surface area contributed by atoms with Gasteiger partial charge in [0.15, 0.2) is 5.67 Å². The van der Waals surface area contributed by atoms with Crippen molar-refractivity contribution in [1.29, 1.82) is 0 Å². The third kappa shape index (κ3) is 2.32. The molecule has 24 heavy (non-hydrogen) atoms. The molecule has 2 atom stereocenters. The summed E-state index contributed by atoms with van der Waals surface area (Å²) in [5.41, 5.74) is -0.256. The van der Waals surface area contributed by atoms with Crippen molar-refractivity contribution in [3.8, 4) is 0 Å². The minimum atomic E-state index is -1.81. The quantitative estimate of drug-likeness (QED) is 0.922. The van der Waals surface area contributed by atoms with Gasteiger partial charge in [-0.2, -0.15) is 0 Å². The number of hydrogen-bond donors (Lipinski definition) is 1. The first kappa shape index (κ1) is 15.6. The molecular weight excluding hydrogens is 311 g/mol. The SMILES string of the molecule is CN1CC[C@]2(F)C(=O)N(c3ccc(C4CC4)c(C(=O)O)c3)C[C@@H]2C1. The van der Waals surface area contributed by atoms with Crippen LogP contribution in [0.15, 0.2) is 18.2 Å². The number of aromatic carboxylic acids is 1. The summed E-state index contributed by atoms with van der Waals surface area (Å²) in [4.78, 5) is 27.7. The van der Waals surface area contributed by atoms with Crippen LogP contribution >= 0.6 is 0 Å². The van der Waals surface area contributed by atoms with Gasteiger partial charge < -0.3 is 14.9 Å². The van der Waals surface area contributed by atoms with E-state index in [0.29, 0.717) is 31.2 Å². The Morgan fingerprint density at radius 1 is 1.33 bits per heavy atom. The summed E-state index contributed by atoms with van der Waals surface area (Å²) in [5, 5.41) is 9.48. The van der Waals surface area contributed by atoms with Crippen molar-refractivity contribution < 1.29 is 19.1 Å². The molecule has 2 saturated heterocycles.